The Labute approximate surface area is 116 Å². The van der Waals surface area contributed by atoms with Crippen molar-refractivity contribution in [1.29, 1.82) is 0 Å². The number of rotatable bonds is 8. The topological polar surface area (TPSA) is 66.9 Å². The van der Waals surface area contributed by atoms with Gasteiger partial charge < -0.3 is 10.6 Å². The largest absolute Gasteiger partial charge is 0.360 e. The molecule has 0 saturated carbocycles. The summed E-state index contributed by atoms with van der Waals surface area (Å²) in [5.74, 6) is 0.792. The van der Waals surface area contributed by atoms with Crippen LogP contribution < -0.4 is 10.6 Å². The summed E-state index contributed by atoms with van der Waals surface area (Å²) in [6.45, 7) is 4.99. The van der Waals surface area contributed by atoms with Gasteiger partial charge in [0.1, 0.15) is 0 Å². The maximum Gasteiger partial charge on any atom is 0.282 e. The zero-order valence-corrected chi connectivity index (χ0v) is 12.7. The van der Waals surface area contributed by atoms with Gasteiger partial charge in [0.2, 0.25) is 10.1 Å². The fourth-order valence-corrected chi connectivity index (χ4v) is 2.72. The van der Waals surface area contributed by atoms with Crippen LogP contribution in [-0.2, 0) is 0 Å². The van der Waals surface area contributed by atoms with E-state index in [1.807, 2.05) is 6.26 Å². The molecule has 1 heterocycles. The molecular weight excluding hydrogens is 268 g/mol. The van der Waals surface area contributed by atoms with Crippen molar-refractivity contribution < 1.29 is 4.79 Å². The van der Waals surface area contributed by atoms with Crippen molar-refractivity contribution >= 4 is 34.1 Å². The van der Waals surface area contributed by atoms with E-state index in [4.69, 9.17) is 0 Å². The SMILES string of the molecule is CCCNc1nnc(C(=O)NC(CC)CSC)s1. The van der Waals surface area contributed by atoms with Gasteiger partial charge in [0.15, 0.2) is 0 Å². The van der Waals surface area contributed by atoms with Crippen LogP contribution in [0.5, 0.6) is 0 Å². The zero-order valence-electron chi connectivity index (χ0n) is 11.0. The van der Waals surface area contributed by atoms with Gasteiger partial charge in [0.05, 0.1) is 0 Å². The van der Waals surface area contributed by atoms with Gasteiger partial charge in [-0.2, -0.15) is 11.8 Å². The van der Waals surface area contributed by atoms with E-state index in [0.717, 1.165) is 25.1 Å². The van der Waals surface area contributed by atoms with Gasteiger partial charge in [-0.3, -0.25) is 4.79 Å². The molecule has 0 aliphatic heterocycles. The predicted molar refractivity (Wildman–Crippen MR) is 78.6 cm³/mol. The van der Waals surface area contributed by atoms with Crippen LogP contribution in [0.25, 0.3) is 0 Å². The van der Waals surface area contributed by atoms with Crippen molar-refractivity contribution in [2.45, 2.75) is 32.7 Å². The van der Waals surface area contributed by atoms with Crippen LogP contribution in [-0.4, -0.2) is 40.7 Å². The van der Waals surface area contributed by atoms with Crippen molar-refractivity contribution in [2.75, 3.05) is 23.9 Å². The molecule has 1 rings (SSSR count). The third kappa shape index (κ3) is 4.81. The molecule has 18 heavy (non-hydrogen) atoms. The number of nitrogens with one attached hydrogen (secondary N) is 2. The van der Waals surface area contributed by atoms with E-state index >= 15 is 0 Å². The van der Waals surface area contributed by atoms with Crippen molar-refractivity contribution in [1.82, 2.24) is 15.5 Å². The molecule has 0 saturated heterocycles. The molecule has 0 fully saturated rings. The van der Waals surface area contributed by atoms with Crippen molar-refractivity contribution in [2.24, 2.45) is 0 Å². The van der Waals surface area contributed by atoms with E-state index in [1.165, 1.54) is 11.3 Å². The van der Waals surface area contributed by atoms with Gasteiger partial charge in [0, 0.05) is 18.3 Å². The van der Waals surface area contributed by atoms with Crippen LogP contribution in [0.15, 0.2) is 0 Å². The number of hydrogen-bond donors (Lipinski definition) is 2. The second-order valence-corrected chi connectivity index (χ2v) is 5.76. The summed E-state index contributed by atoms with van der Waals surface area (Å²) in [4.78, 5) is 11.9. The maximum atomic E-state index is 11.9. The Morgan fingerprint density at radius 3 is 2.83 bits per heavy atom. The quantitative estimate of drug-likeness (QED) is 0.768. The first-order chi connectivity index (χ1) is 8.71. The number of anilines is 1. The van der Waals surface area contributed by atoms with Crippen LogP contribution in [0.2, 0.25) is 0 Å². The first-order valence-corrected chi connectivity index (χ1v) is 8.29. The standard InChI is InChI=1S/C11H20N4OS2/c1-4-6-12-11-15-14-10(18-11)9(16)13-8(5-2)7-17-3/h8H,4-7H2,1-3H3,(H,12,15)(H,13,16). The lowest BCUT2D eigenvalue weighted by molar-refractivity contribution is 0.0939. The minimum Gasteiger partial charge on any atom is -0.360 e. The summed E-state index contributed by atoms with van der Waals surface area (Å²) < 4.78 is 0. The first kappa shape index (κ1) is 15.2. The van der Waals surface area contributed by atoms with Crippen molar-refractivity contribution in [3.63, 3.8) is 0 Å². The Bertz CT molecular complexity index is 370. The smallest absolute Gasteiger partial charge is 0.282 e. The van der Waals surface area contributed by atoms with E-state index in [1.54, 1.807) is 11.8 Å². The summed E-state index contributed by atoms with van der Waals surface area (Å²) >= 11 is 3.03. The minimum absolute atomic E-state index is 0.127. The molecule has 0 bridgehead atoms. The minimum atomic E-state index is -0.127. The molecule has 7 heteroatoms. The summed E-state index contributed by atoms with van der Waals surface area (Å²) in [6, 6.07) is 0.198. The van der Waals surface area contributed by atoms with Gasteiger partial charge in [-0.1, -0.05) is 25.2 Å². The highest BCUT2D eigenvalue weighted by atomic mass is 32.2. The number of carbonyl (C=O) groups excluding carboxylic acids is 1. The molecule has 1 atom stereocenters. The molecule has 0 radical (unpaired) electrons. The highest BCUT2D eigenvalue weighted by Crippen LogP contribution is 2.15. The van der Waals surface area contributed by atoms with Crippen LogP contribution in [0.1, 0.15) is 36.5 Å². The van der Waals surface area contributed by atoms with Gasteiger partial charge in [-0.05, 0) is 19.1 Å². The average molecular weight is 288 g/mol. The van der Waals surface area contributed by atoms with Crippen LogP contribution in [0.4, 0.5) is 5.13 Å². The van der Waals surface area contributed by atoms with E-state index in [0.29, 0.717) is 10.1 Å². The summed E-state index contributed by atoms with van der Waals surface area (Å²) in [7, 11) is 0. The van der Waals surface area contributed by atoms with Gasteiger partial charge in [-0.15, -0.1) is 10.2 Å². The predicted octanol–water partition coefficient (Wildman–Crippen LogP) is 2.23. The van der Waals surface area contributed by atoms with Crippen LogP contribution in [0.3, 0.4) is 0 Å². The molecule has 1 aromatic heterocycles. The normalized spacial score (nSPS) is 12.2. The van der Waals surface area contributed by atoms with Gasteiger partial charge in [-0.25, -0.2) is 0 Å². The number of amides is 1. The fraction of sp³-hybridized carbons (Fsp3) is 0.727. The lowest BCUT2D eigenvalue weighted by atomic mass is 10.2. The average Bonchev–Trinajstić information content (AvgIpc) is 2.84. The lowest BCUT2D eigenvalue weighted by Crippen LogP contribution is -2.36. The fourth-order valence-electron chi connectivity index (χ4n) is 1.33. The summed E-state index contributed by atoms with van der Waals surface area (Å²) in [5.41, 5.74) is 0. The molecule has 0 spiro atoms. The van der Waals surface area contributed by atoms with Gasteiger partial charge >= 0.3 is 0 Å². The molecule has 0 aromatic carbocycles. The number of hydrogen-bond acceptors (Lipinski definition) is 6. The molecule has 0 aliphatic rings. The molecule has 0 aliphatic carbocycles. The Morgan fingerprint density at radius 2 is 2.22 bits per heavy atom. The molecule has 2 N–H and O–H groups in total. The van der Waals surface area contributed by atoms with Crippen molar-refractivity contribution in [3.05, 3.63) is 5.01 Å². The number of thioether (sulfide) groups is 1. The molecule has 1 aromatic rings. The zero-order chi connectivity index (χ0) is 13.4. The molecule has 1 unspecified atom stereocenters. The molecular formula is C11H20N4OS2. The molecule has 5 nitrogen and oxygen atoms in total. The second kappa shape index (κ2) is 8.31. The van der Waals surface area contributed by atoms with Crippen LogP contribution in [0, 0.1) is 0 Å². The van der Waals surface area contributed by atoms with E-state index in [9.17, 15) is 4.79 Å². The first-order valence-electron chi connectivity index (χ1n) is 6.08. The third-order valence-corrected chi connectivity index (χ3v) is 3.96. The monoisotopic (exact) mass is 288 g/mol. The second-order valence-electron chi connectivity index (χ2n) is 3.87. The number of nitrogens with zero attached hydrogens (tertiary/aromatic N) is 2. The van der Waals surface area contributed by atoms with E-state index in [-0.39, 0.29) is 11.9 Å². The Kier molecular flexibility index (Phi) is 7.04. The van der Waals surface area contributed by atoms with E-state index in [2.05, 4.69) is 34.7 Å². The highest BCUT2D eigenvalue weighted by Gasteiger charge is 2.16. The maximum absolute atomic E-state index is 11.9. The number of aromatic nitrogens is 2. The van der Waals surface area contributed by atoms with Gasteiger partial charge in [0.25, 0.3) is 5.91 Å². The highest BCUT2D eigenvalue weighted by molar-refractivity contribution is 7.98. The van der Waals surface area contributed by atoms with Crippen LogP contribution >= 0.6 is 23.1 Å². The third-order valence-electron chi connectivity index (χ3n) is 2.34. The van der Waals surface area contributed by atoms with Crippen molar-refractivity contribution in [3.8, 4) is 0 Å². The summed E-state index contributed by atoms with van der Waals surface area (Å²) in [6.07, 6.45) is 3.98. The Balaban J connectivity index is 2.52. The van der Waals surface area contributed by atoms with E-state index < -0.39 is 0 Å². The lowest BCUT2D eigenvalue weighted by Gasteiger charge is -2.14. The number of carbonyl (C=O) groups is 1. The Hall–Kier alpha value is -0.820. The Morgan fingerprint density at radius 1 is 1.44 bits per heavy atom. The molecule has 102 valence electrons. The molecule has 1 amide bonds. The summed E-state index contributed by atoms with van der Waals surface area (Å²) in [5, 5.41) is 15.1.